The maximum absolute atomic E-state index is 10.8. The van der Waals surface area contributed by atoms with E-state index >= 15 is 0 Å². The Morgan fingerprint density at radius 2 is 2.32 bits per heavy atom. The highest BCUT2D eigenvalue weighted by Crippen LogP contribution is 2.07. The third-order valence-electron chi connectivity index (χ3n) is 2.73. The lowest BCUT2D eigenvalue weighted by molar-refractivity contribution is -0.428. The second-order valence-electron chi connectivity index (χ2n) is 4.29. The normalized spacial score (nSPS) is 11.8. The Bertz CT molecular complexity index is 432. The molecule has 0 saturated heterocycles. The smallest absolute Gasteiger partial charge is 0.333 e. The zero-order valence-electron chi connectivity index (χ0n) is 11.1. The van der Waals surface area contributed by atoms with Crippen LogP contribution in [0.2, 0.25) is 0 Å². The topological polar surface area (TPSA) is 94.1 Å². The maximum atomic E-state index is 10.8. The lowest BCUT2D eigenvalue weighted by Crippen LogP contribution is -2.25. The summed E-state index contributed by atoms with van der Waals surface area (Å²) in [6.07, 6.45) is 6.91. The van der Waals surface area contributed by atoms with E-state index in [1.807, 2.05) is 6.07 Å². The minimum absolute atomic E-state index is 0.319. The highest BCUT2D eigenvalue weighted by molar-refractivity contribution is 5.18. The minimum Gasteiger partial charge on any atom is -0.381 e. The van der Waals surface area contributed by atoms with Gasteiger partial charge in [0.15, 0.2) is 0 Å². The number of hydrogen-bond acceptors (Lipinski definition) is 5. The molecule has 0 amide bonds. The summed E-state index contributed by atoms with van der Waals surface area (Å²) >= 11 is 0. The van der Waals surface area contributed by atoms with E-state index in [1.165, 1.54) is 0 Å². The highest BCUT2D eigenvalue weighted by atomic mass is 16.6. The number of nitro groups is 1. The molecule has 0 aliphatic heterocycles. The van der Waals surface area contributed by atoms with Gasteiger partial charge < -0.3 is 15.4 Å². The van der Waals surface area contributed by atoms with Crippen LogP contribution in [-0.4, -0.2) is 16.5 Å². The predicted octanol–water partition coefficient (Wildman–Crippen LogP) is 1.81. The highest BCUT2D eigenvalue weighted by Gasteiger charge is 2.12. The van der Waals surface area contributed by atoms with Crippen molar-refractivity contribution in [2.45, 2.75) is 32.6 Å². The van der Waals surface area contributed by atoms with Crippen LogP contribution in [0.4, 0.5) is 0 Å². The van der Waals surface area contributed by atoms with E-state index in [1.54, 1.807) is 18.5 Å². The molecule has 0 radical (unpaired) electrons. The van der Waals surface area contributed by atoms with Gasteiger partial charge in [-0.1, -0.05) is 25.8 Å². The molecule has 0 aliphatic carbocycles. The van der Waals surface area contributed by atoms with Crippen molar-refractivity contribution in [1.82, 2.24) is 10.3 Å². The van der Waals surface area contributed by atoms with E-state index in [4.69, 9.17) is 5.73 Å². The van der Waals surface area contributed by atoms with Crippen molar-refractivity contribution in [1.29, 1.82) is 0 Å². The lowest BCUT2D eigenvalue weighted by atomic mass is 10.1. The van der Waals surface area contributed by atoms with Crippen LogP contribution in [0, 0.1) is 10.1 Å². The molecule has 0 bridgehead atoms. The van der Waals surface area contributed by atoms with Gasteiger partial charge in [-0.05, 0) is 23.0 Å². The second kappa shape index (κ2) is 8.07. The third kappa shape index (κ3) is 5.37. The van der Waals surface area contributed by atoms with Gasteiger partial charge in [-0.3, -0.25) is 10.7 Å². The molecule has 19 heavy (non-hydrogen) atoms. The van der Waals surface area contributed by atoms with Crippen LogP contribution < -0.4 is 11.1 Å². The molecule has 0 unspecified atom stereocenters. The van der Waals surface area contributed by atoms with Crippen molar-refractivity contribution in [3.8, 4) is 0 Å². The molecule has 6 nitrogen and oxygen atoms in total. The number of nitrogens with one attached hydrogen (secondary N) is 1. The SMILES string of the molecule is CCCCCNC(Cc1cccnc1)=C(N)[N+](=O)[O-]. The summed E-state index contributed by atoms with van der Waals surface area (Å²) in [5, 5.41) is 13.9. The molecule has 1 aromatic rings. The molecule has 0 aliphatic rings. The molecular weight excluding hydrogens is 244 g/mol. The van der Waals surface area contributed by atoms with Gasteiger partial charge in [0.25, 0.3) is 0 Å². The summed E-state index contributed by atoms with van der Waals surface area (Å²) < 4.78 is 0. The van der Waals surface area contributed by atoms with Gasteiger partial charge in [0, 0.05) is 25.4 Å². The van der Waals surface area contributed by atoms with Crippen LogP contribution in [0.15, 0.2) is 36.0 Å². The van der Waals surface area contributed by atoms with E-state index in [0.29, 0.717) is 18.7 Å². The van der Waals surface area contributed by atoms with Crippen LogP contribution >= 0.6 is 0 Å². The first-order valence-corrected chi connectivity index (χ1v) is 6.41. The van der Waals surface area contributed by atoms with Crippen LogP contribution in [0.25, 0.3) is 0 Å². The number of hydrogen-bond donors (Lipinski definition) is 2. The Morgan fingerprint density at radius 3 is 2.89 bits per heavy atom. The number of allylic oxidation sites excluding steroid dienone is 1. The number of unbranched alkanes of at least 4 members (excludes halogenated alkanes) is 2. The Kier molecular flexibility index (Phi) is 6.35. The zero-order valence-corrected chi connectivity index (χ0v) is 11.1. The van der Waals surface area contributed by atoms with Gasteiger partial charge in [0.2, 0.25) is 0 Å². The second-order valence-corrected chi connectivity index (χ2v) is 4.29. The van der Waals surface area contributed by atoms with Crippen LogP contribution in [0.1, 0.15) is 31.7 Å². The first-order valence-electron chi connectivity index (χ1n) is 6.41. The van der Waals surface area contributed by atoms with Crippen molar-refractivity contribution >= 4 is 0 Å². The minimum atomic E-state index is -0.557. The molecule has 0 saturated carbocycles. The summed E-state index contributed by atoms with van der Waals surface area (Å²) in [6.45, 7) is 2.80. The maximum Gasteiger partial charge on any atom is 0.333 e. The van der Waals surface area contributed by atoms with Gasteiger partial charge in [0.05, 0.1) is 0 Å². The number of pyridine rings is 1. The zero-order chi connectivity index (χ0) is 14.1. The van der Waals surface area contributed by atoms with Crippen molar-refractivity contribution in [2.75, 3.05) is 6.54 Å². The van der Waals surface area contributed by atoms with Gasteiger partial charge in [-0.15, -0.1) is 0 Å². The number of rotatable bonds is 8. The number of nitrogens with zero attached hydrogens (tertiary/aromatic N) is 2. The fourth-order valence-electron chi connectivity index (χ4n) is 1.67. The van der Waals surface area contributed by atoms with Crippen molar-refractivity contribution in [3.05, 3.63) is 51.7 Å². The van der Waals surface area contributed by atoms with Gasteiger partial charge in [-0.2, -0.15) is 0 Å². The first kappa shape index (κ1) is 14.9. The molecule has 104 valence electrons. The summed E-state index contributed by atoms with van der Waals surface area (Å²) in [5.41, 5.74) is 6.87. The van der Waals surface area contributed by atoms with E-state index in [-0.39, 0.29) is 5.82 Å². The molecule has 0 aromatic carbocycles. The molecule has 3 N–H and O–H groups in total. The quantitative estimate of drug-likeness (QED) is 0.424. The Balaban J connectivity index is 2.71. The average Bonchev–Trinajstić information content (AvgIpc) is 2.42. The van der Waals surface area contributed by atoms with Gasteiger partial charge >= 0.3 is 5.82 Å². The summed E-state index contributed by atoms with van der Waals surface area (Å²) in [4.78, 5) is 14.2. The van der Waals surface area contributed by atoms with Gasteiger partial charge in [-0.25, -0.2) is 0 Å². The summed E-state index contributed by atoms with van der Waals surface area (Å²) in [6, 6.07) is 3.67. The van der Waals surface area contributed by atoms with E-state index in [9.17, 15) is 10.1 Å². The third-order valence-corrected chi connectivity index (χ3v) is 2.73. The largest absolute Gasteiger partial charge is 0.381 e. The van der Waals surface area contributed by atoms with Crippen molar-refractivity contribution < 1.29 is 4.92 Å². The standard InChI is InChI=1S/C13H20N4O2/c1-2-3-4-8-16-12(13(14)17(18)19)9-11-6-5-7-15-10-11/h5-7,10,16H,2-4,8-9,14H2,1H3. The first-order chi connectivity index (χ1) is 9.15. The van der Waals surface area contributed by atoms with Crippen LogP contribution in [-0.2, 0) is 6.42 Å². The molecule has 0 spiro atoms. The Labute approximate surface area is 112 Å². The predicted molar refractivity (Wildman–Crippen MR) is 73.7 cm³/mol. The fourth-order valence-corrected chi connectivity index (χ4v) is 1.67. The molecule has 6 heteroatoms. The van der Waals surface area contributed by atoms with E-state index in [0.717, 1.165) is 24.8 Å². The molecule has 1 rings (SSSR count). The number of nitrogens with two attached hydrogens (primary N) is 1. The molecule has 1 heterocycles. The van der Waals surface area contributed by atoms with Crippen molar-refractivity contribution in [3.63, 3.8) is 0 Å². The van der Waals surface area contributed by atoms with E-state index in [2.05, 4.69) is 17.2 Å². The Morgan fingerprint density at radius 1 is 1.53 bits per heavy atom. The summed E-state index contributed by atoms with van der Waals surface area (Å²) in [7, 11) is 0. The molecular formula is C13H20N4O2. The molecule has 0 atom stereocenters. The average molecular weight is 264 g/mol. The monoisotopic (exact) mass is 264 g/mol. The Hall–Kier alpha value is -2.11. The molecule has 0 fully saturated rings. The molecule has 1 aromatic heterocycles. The van der Waals surface area contributed by atoms with Crippen molar-refractivity contribution in [2.24, 2.45) is 5.73 Å². The van der Waals surface area contributed by atoms with Crippen LogP contribution in [0.5, 0.6) is 0 Å². The lowest BCUT2D eigenvalue weighted by Gasteiger charge is -2.11. The summed E-state index contributed by atoms with van der Waals surface area (Å²) in [5.74, 6) is -0.319. The fraction of sp³-hybridized carbons (Fsp3) is 0.462. The number of aromatic nitrogens is 1. The van der Waals surface area contributed by atoms with Crippen LogP contribution in [0.3, 0.4) is 0 Å². The van der Waals surface area contributed by atoms with E-state index < -0.39 is 4.92 Å². The van der Waals surface area contributed by atoms with Gasteiger partial charge in [0.1, 0.15) is 5.70 Å².